The van der Waals surface area contributed by atoms with E-state index in [9.17, 15) is 4.79 Å². The molecule has 0 aliphatic heterocycles. The minimum Gasteiger partial charge on any atom is -0.465 e. The van der Waals surface area contributed by atoms with Crippen molar-refractivity contribution in [3.8, 4) is 28.0 Å². The van der Waals surface area contributed by atoms with Crippen molar-refractivity contribution >= 4 is 33.8 Å². The largest absolute Gasteiger partial charge is 0.465 e. The monoisotopic (exact) mass is 420 g/mol. The van der Waals surface area contributed by atoms with Crippen LogP contribution in [0.15, 0.2) is 36.7 Å². The van der Waals surface area contributed by atoms with Crippen LogP contribution in [0.3, 0.4) is 0 Å². The van der Waals surface area contributed by atoms with Crippen LogP contribution in [0.5, 0.6) is 0 Å². The van der Waals surface area contributed by atoms with Gasteiger partial charge in [0.2, 0.25) is 5.13 Å². The maximum absolute atomic E-state index is 10.8. The average Bonchev–Trinajstić information content (AvgIpc) is 3.33. The van der Waals surface area contributed by atoms with Gasteiger partial charge in [0.1, 0.15) is 6.07 Å². The van der Waals surface area contributed by atoms with Gasteiger partial charge in [0, 0.05) is 17.9 Å². The molecule has 3 N–H and O–H groups in total. The van der Waals surface area contributed by atoms with E-state index >= 15 is 0 Å². The molecule has 0 aliphatic carbocycles. The molecule has 4 heterocycles. The Labute approximate surface area is 174 Å². The Morgan fingerprint density at radius 2 is 2.10 bits per heavy atom. The first kappa shape index (κ1) is 19.3. The molecule has 0 aromatic carbocycles. The number of nitriles is 1. The fourth-order valence-electron chi connectivity index (χ4n) is 2.92. The highest BCUT2D eigenvalue weighted by molar-refractivity contribution is 7.18. The van der Waals surface area contributed by atoms with Crippen LogP contribution in [-0.2, 0) is 0 Å². The minimum atomic E-state index is -1.20. The SMILES string of the molecule is CC(C)Nc1cc(-c2ccc3cc(C#N)cnn23)ncc1-c1nnc(NC(=O)O)s1. The molecule has 0 saturated heterocycles. The first-order valence-electron chi connectivity index (χ1n) is 8.93. The smallest absolute Gasteiger partial charge is 0.411 e. The second kappa shape index (κ2) is 7.76. The number of aromatic nitrogens is 5. The lowest BCUT2D eigenvalue weighted by Crippen LogP contribution is -2.11. The third-order valence-electron chi connectivity index (χ3n) is 4.11. The minimum absolute atomic E-state index is 0.143. The predicted molar refractivity (Wildman–Crippen MR) is 112 cm³/mol. The summed E-state index contributed by atoms with van der Waals surface area (Å²) in [4.78, 5) is 15.4. The maximum Gasteiger partial charge on any atom is 0.411 e. The number of hydrogen-bond acceptors (Lipinski definition) is 8. The third-order valence-corrected chi connectivity index (χ3v) is 4.98. The molecule has 11 heteroatoms. The average molecular weight is 420 g/mol. The Morgan fingerprint density at radius 1 is 1.27 bits per heavy atom. The molecule has 10 nitrogen and oxygen atoms in total. The summed E-state index contributed by atoms with van der Waals surface area (Å²) in [5, 5.41) is 36.5. The van der Waals surface area contributed by atoms with E-state index in [0.717, 1.165) is 28.2 Å². The normalized spacial score (nSPS) is 10.9. The second-order valence-corrected chi connectivity index (χ2v) is 7.65. The number of fused-ring (bicyclic) bond motifs is 1. The van der Waals surface area contributed by atoms with Gasteiger partial charge in [-0.25, -0.2) is 9.31 Å². The molecule has 0 fully saturated rings. The van der Waals surface area contributed by atoms with Crippen LogP contribution < -0.4 is 10.6 Å². The zero-order valence-corrected chi connectivity index (χ0v) is 16.8. The van der Waals surface area contributed by atoms with E-state index in [1.807, 2.05) is 32.0 Å². The first-order chi connectivity index (χ1) is 14.4. The summed E-state index contributed by atoms with van der Waals surface area (Å²) in [5.74, 6) is 0. The van der Waals surface area contributed by atoms with Gasteiger partial charge in [0.15, 0.2) is 5.01 Å². The zero-order chi connectivity index (χ0) is 21.3. The fourth-order valence-corrected chi connectivity index (χ4v) is 3.68. The standard InChI is InChI=1S/C19H16N8O2S/c1-10(2)23-14-6-15(16-4-3-12-5-11(7-20)8-22-27(12)16)21-9-13(14)17-25-26-18(30-17)24-19(28)29/h3-6,8-10H,1-2H3,(H,21,23)(H,24,26)(H,28,29). The quantitative estimate of drug-likeness (QED) is 0.444. The topological polar surface area (TPSA) is 141 Å². The second-order valence-electron chi connectivity index (χ2n) is 6.67. The van der Waals surface area contributed by atoms with Gasteiger partial charge in [0.25, 0.3) is 0 Å². The van der Waals surface area contributed by atoms with E-state index in [1.165, 1.54) is 6.20 Å². The van der Waals surface area contributed by atoms with E-state index in [1.54, 1.807) is 16.8 Å². The Balaban J connectivity index is 1.77. The summed E-state index contributed by atoms with van der Waals surface area (Å²) < 4.78 is 1.72. The van der Waals surface area contributed by atoms with Gasteiger partial charge in [-0.05, 0) is 38.1 Å². The van der Waals surface area contributed by atoms with Crippen molar-refractivity contribution < 1.29 is 9.90 Å². The van der Waals surface area contributed by atoms with Gasteiger partial charge >= 0.3 is 6.09 Å². The molecular formula is C19H16N8O2S. The van der Waals surface area contributed by atoms with Crippen molar-refractivity contribution in [3.63, 3.8) is 0 Å². The number of anilines is 2. The molecule has 1 amide bonds. The van der Waals surface area contributed by atoms with Crippen molar-refractivity contribution in [2.24, 2.45) is 0 Å². The van der Waals surface area contributed by atoms with Gasteiger partial charge in [-0.3, -0.25) is 10.3 Å². The van der Waals surface area contributed by atoms with E-state index in [0.29, 0.717) is 21.8 Å². The first-order valence-corrected chi connectivity index (χ1v) is 9.75. The van der Waals surface area contributed by atoms with E-state index < -0.39 is 6.09 Å². The molecule has 30 heavy (non-hydrogen) atoms. The summed E-state index contributed by atoms with van der Waals surface area (Å²) in [6, 6.07) is 9.65. The molecule has 0 saturated carbocycles. The number of pyridine rings is 1. The molecule has 0 radical (unpaired) electrons. The van der Waals surface area contributed by atoms with Gasteiger partial charge in [-0.1, -0.05) is 11.3 Å². The fraction of sp³-hybridized carbons (Fsp3) is 0.158. The van der Waals surface area contributed by atoms with Gasteiger partial charge in [-0.2, -0.15) is 10.4 Å². The summed E-state index contributed by atoms with van der Waals surface area (Å²) in [5.41, 5.74) is 4.24. The van der Waals surface area contributed by atoms with Crippen LogP contribution >= 0.6 is 11.3 Å². The summed E-state index contributed by atoms with van der Waals surface area (Å²) >= 11 is 1.12. The zero-order valence-electron chi connectivity index (χ0n) is 16.0. The van der Waals surface area contributed by atoms with Crippen LogP contribution in [0.2, 0.25) is 0 Å². The highest BCUT2D eigenvalue weighted by Gasteiger charge is 2.16. The van der Waals surface area contributed by atoms with Crippen molar-refractivity contribution in [1.82, 2.24) is 24.8 Å². The molecule has 0 aliphatic rings. The van der Waals surface area contributed by atoms with Gasteiger partial charge in [0.05, 0.1) is 34.2 Å². The molecule has 4 aromatic rings. The number of nitrogens with one attached hydrogen (secondary N) is 2. The van der Waals surface area contributed by atoms with Crippen LogP contribution in [-0.4, -0.2) is 42.0 Å². The maximum atomic E-state index is 10.8. The third kappa shape index (κ3) is 3.76. The Bertz CT molecular complexity index is 1290. The molecule has 0 spiro atoms. The molecular weight excluding hydrogens is 404 g/mol. The molecule has 0 unspecified atom stereocenters. The lowest BCUT2D eigenvalue weighted by molar-refractivity contribution is 0.209. The van der Waals surface area contributed by atoms with Crippen molar-refractivity contribution in [2.45, 2.75) is 19.9 Å². The summed E-state index contributed by atoms with van der Waals surface area (Å²) in [6.45, 7) is 4.03. The molecule has 0 atom stereocenters. The molecule has 4 rings (SSSR count). The van der Waals surface area contributed by atoms with Gasteiger partial charge in [-0.15, -0.1) is 10.2 Å². The number of hydrogen-bond donors (Lipinski definition) is 3. The number of nitrogens with zero attached hydrogens (tertiary/aromatic N) is 6. The van der Waals surface area contributed by atoms with E-state index in [-0.39, 0.29) is 11.2 Å². The summed E-state index contributed by atoms with van der Waals surface area (Å²) in [7, 11) is 0. The van der Waals surface area contributed by atoms with Crippen LogP contribution in [0.4, 0.5) is 15.6 Å². The number of amides is 1. The van der Waals surface area contributed by atoms with Crippen molar-refractivity contribution in [3.05, 3.63) is 42.2 Å². The molecule has 4 aromatic heterocycles. The van der Waals surface area contributed by atoms with Crippen LogP contribution in [0.1, 0.15) is 19.4 Å². The highest BCUT2D eigenvalue weighted by Crippen LogP contribution is 2.34. The molecule has 0 bridgehead atoms. The lowest BCUT2D eigenvalue weighted by Gasteiger charge is -2.14. The van der Waals surface area contributed by atoms with E-state index in [2.05, 4.69) is 37.0 Å². The Hall–Kier alpha value is -4.04. The molecule has 150 valence electrons. The van der Waals surface area contributed by atoms with Crippen LogP contribution in [0, 0.1) is 11.3 Å². The van der Waals surface area contributed by atoms with Crippen molar-refractivity contribution in [2.75, 3.05) is 10.6 Å². The Morgan fingerprint density at radius 3 is 2.83 bits per heavy atom. The van der Waals surface area contributed by atoms with Crippen LogP contribution in [0.25, 0.3) is 27.5 Å². The van der Waals surface area contributed by atoms with Gasteiger partial charge < -0.3 is 10.4 Å². The van der Waals surface area contributed by atoms with Crippen molar-refractivity contribution in [1.29, 1.82) is 5.26 Å². The Kier molecular flexibility index (Phi) is 4.99. The predicted octanol–water partition coefficient (Wildman–Crippen LogP) is 3.70. The lowest BCUT2D eigenvalue weighted by atomic mass is 10.1. The number of carbonyl (C=O) groups is 1. The summed E-state index contributed by atoms with van der Waals surface area (Å²) in [6.07, 6.45) is 1.99. The number of carboxylic acid groups (broad SMARTS) is 1. The van der Waals surface area contributed by atoms with E-state index in [4.69, 9.17) is 10.4 Å². The highest BCUT2D eigenvalue weighted by atomic mass is 32.1. The number of rotatable bonds is 5.